The van der Waals surface area contributed by atoms with Crippen LogP contribution in [0.5, 0.6) is 5.75 Å². The summed E-state index contributed by atoms with van der Waals surface area (Å²) in [5.41, 5.74) is 12.7. The molecule has 0 fully saturated rings. The molecule has 7 aromatic carbocycles. The molecule has 0 saturated carbocycles. The van der Waals surface area contributed by atoms with Crippen LogP contribution in [0, 0.1) is 13.8 Å². The van der Waals surface area contributed by atoms with Crippen molar-refractivity contribution < 1.29 is 41.7 Å². The first-order chi connectivity index (χ1) is 37.4. The number of hydrogen-bond donors (Lipinski definition) is 0. The van der Waals surface area contributed by atoms with Gasteiger partial charge in [0.1, 0.15) is 5.75 Å². The molecule has 1 aliphatic heterocycles. The fourth-order valence-corrected chi connectivity index (χ4v) is 12.8. The minimum absolute atomic E-state index is 0.169. The Morgan fingerprint density at radius 1 is 0.662 bits per heavy atom. The molecule has 8 aromatic rings. The fourth-order valence-electron chi connectivity index (χ4n) is 12.8. The SMILES string of the molecule is CCOC(=O)/C=C/C1=[N+](B(F)F)C(=C(/c2c(C)cc(-c3ccc(OC(=O)CCCc4ccc5c6cccc7cccc(c8cccc4c85)c76)cc3)cc2C)c2c3c(c(/C=C/C(=O)OCC)n2C)CCCC3)/C2=C1CCCC2. The predicted octanol–water partition coefficient (Wildman–Crippen LogP) is 14.9. The molecule has 0 atom stereocenters. The van der Waals surface area contributed by atoms with Gasteiger partial charge in [0.25, 0.3) is 0 Å². The Morgan fingerprint density at radius 2 is 1.25 bits per heavy atom. The number of ether oxygens (including phenoxy) is 3. The summed E-state index contributed by atoms with van der Waals surface area (Å²) in [5.74, 6) is -0.871. The number of hydrogen-bond acceptors (Lipinski definition) is 6. The number of carbonyl (C=O) groups is 3. The number of allylic oxidation sites excluding steroid dienone is 3. The summed E-state index contributed by atoms with van der Waals surface area (Å²) in [6.07, 6.45) is 13.9. The van der Waals surface area contributed by atoms with E-state index in [-0.39, 0.29) is 25.6 Å². The molecule has 0 saturated heterocycles. The number of rotatable bonds is 15. The fraction of sp³-hybridized carbons (Fsp3) is 0.273. The number of esters is 3. The number of halogens is 2. The number of aromatic nitrogens is 1. The van der Waals surface area contributed by atoms with E-state index in [1.54, 1.807) is 19.9 Å². The Hall–Kier alpha value is -7.92. The van der Waals surface area contributed by atoms with Gasteiger partial charge in [0, 0.05) is 48.5 Å². The van der Waals surface area contributed by atoms with Gasteiger partial charge in [-0.25, -0.2) is 22.7 Å². The summed E-state index contributed by atoms with van der Waals surface area (Å²) in [6.45, 7) is 7.97. The second-order valence-corrected chi connectivity index (χ2v) is 20.6. The normalized spacial score (nSPS) is 15.4. The van der Waals surface area contributed by atoms with Gasteiger partial charge in [-0.3, -0.25) is 4.79 Å². The van der Waals surface area contributed by atoms with Crippen LogP contribution in [-0.2, 0) is 50.2 Å². The van der Waals surface area contributed by atoms with Crippen molar-refractivity contribution in [3.8, 4) is 16.9 Å². The van der Waals surface area contributed by atoms with Crippen molar-refractivity contribution in [3.05, 3.63) is 183 Å². The maximum Gasteiger partial charge on any atom is 0.935 e. The van der Waals surface area contributed by atoms with Gasteiger partial charge >= 0.3 is 25.3 Å². The molecule has 2 heterocycles. The van der Waals surface area contributed by atoms with Gasteiger partial charge in [-0.2, -0.15) is 0 Å². The van der Waals surface area contributed by atoms with Crippen molar-refractivity contribution in [2.45, 2.75) is 98.3 Å². The van der Waals surface area contributed by atoms with E-state index >= 15 is 8.63 Å². The van der Waals surface area contributed by atoms with Crippen molar-refractivity contribution in [2.24, 2.45) is 7.05 Å². The van der Waals surface area contributed by atoms with Crippen molar-refractivity contribution >= 4 is 85.8 Å². The molecule has 11 rings (SSSR count). The standard InChI is InChI=1S/C66H62BF2N2O6/c1-6-75-58(72)36-34-56-48-19-8-10-21-54(48)65(70(56)5)64(66-55-22-11-9-20-49(55)57(71(66)67(68)69)35-37-59(73)76-7-2)61-40(3)38-45(39-41(61)4)42-28-31-46(32-29-42)77-60(74)27-14-16-43-30-33-53-51-25-13-18-44-17-12-24-50(62(44)51)52-26-15-23-47(43)63(52)53/h12-13,15,17-18,23-26,28-39H,6-11,14,16,19-22,27H2,1-5H3/q+1/b36-34+,37-35+. The molecule has 0 spiro atoms. The van der Waals surface area contributed by atoms with Crippen LogP contribution in [0.4, 0.5) is 8.63 Å². The number of fused-ring (bicyclic) bond motifs is 3. The van der Waals surface area contributed by atoms with E-state index in [0.717, 1.165) is 111 Å². The van der Waals surface area contributed by atoms with Crippen LogP contribution < -0.4 is 4.74 Å². The number of aryl methyl sites for hydroxylation is 3. The van der Waals surface area contributed by atoms with Gasteiger partial charge in [0.2, 0.25) is 0 Å². The highest BCUT2D eigenvalue weighted by molar-refractivity contribution is 6.36. The van der Waals surface area contributed by atoms with E-state index < -0.39 is 19.3 Å². The first-order valence-electron chi connectivity index (χ1n) is 27.3. The first kappa shape index (κ1) is 51.2. The van der Waals surface area contributed by atoms with Crippen LogP contribution >= 0.6 is 0 Å². The maximum atomic E-state index is 16.2. The van der Waals surface area contributed by atoms with Crippen LogP contribution in [-0.4, -0.2) is 53.3 Å². The molecule has 388 valence electrons. The lowest BCUT2D eigenvalue weighted by Gasteiger charge is -2.22. The van der Waals surface area contributed by atoms with Gasteiger partial charge in [0.05, 0.1) is 24.5 Å². The van der Waals surface area contributed by atoms with Crippen molar-refractivity contribution in [2.75, 3.05) is 13.2 Å². The van der Waals surface area contributed by atoms with E-state index in [0.29, 0.717) is 42.0 Å². The summed E-state index contributed by atoms with van der Waals surface area (Å²) in [6, 6.07) is 35.8. The Bertz CT molecular complexity index is 3780. The molecule has 0 radical (unpaired) electrons. The molecule has 0 amide bonds. The van der Waals surface area contributed by atoms with Crippen LogP contribution in [0.3, 0.4) is 0 Å². The van der Waals surface area contributed by atoms with Gasteiger partial charge < -0.3 is 18.8 Å². The quantitative estimate of drug-likeness (QED) is 0.0254. The van der Waals surface area contributed by atoms with E-state index in [1.165, 1.54) is 66.9 Å². The zero-order chi connectivity index (χ0) is 53.5. The minimum Gasteiger partial charge on any atom is -0.463 e. The molecule has 77 heavy (non-hydrogen) atoms. The Morgan fingerprint density at radius 3 is 1.91 bits per heavy atom. The summed E-state index contributed by atoms with van der Waals surface area (Å²) in [5, 5.41) is 10.0. The van der Waals surface area contributed by atoms with Crippen LogP contribution in [0.2, 0.25) is 0 Å². The molecular weight excluding hydrogens is 966 g/mol. The van der Waals surface area contributed by atoms with E-state index in [1.807, 2.05) is 45.2 Å². The van der Waals surface area contributed by atoms with E-state index in [2.05, 4.69) is 83.4 Å². The predicted molar refractivity (Wildman–Crippen MR) is 306 cm³/mol. The minimum atomic E-state index is -2.93. The number of carbonyl (C=O) groups excluding carboxylic acids is 3. The Labute approximate surface area is 448 Å². The molecule has 0 unspecified atom stereocenters. The van der Waals surface area contributed by atoms with Crippen LogP contribution in [0.1, 0.15) is 110 Å². The highest BCUT2D eigenvalue weighted by Gasteiger charge is 2.50. The van der Waals surface area contributed by atoms with Gasteiger partial charge in [-0.1, -0.05) is 91.0 Å². The Balaban J connectivity index is 0.910. The summed E-state index contributed by atoms with van der Waals surface area (Å²) in [7, 11) is -0.968. The average Bonchev–Trinajstić information content (AvgIpc) is 3.98. The van der Waals surface area contributed by atoms with E-state index in [9.17, 15) is 14.4 Å². The average molecular weight is 1030 g/mol. The summed E-state index contributed by atoms with van der Waals surface area (Å²) in [4.78, 5) is 38.8. The third-order valence-corrected chi connectivity index (χ3v) is 16.0. The van der Waals surface area contributed by atoms with Crippen molar-refractivity contribution in [1.29, 1.82) is 0 Å². The maximum absolute atomic E-state index is 16.2. The molecule has 0 N–H and O–H groups in total. The molecular formula is C66H62BF2N2O6+. The molecule has 8 nitrogen and oxygen atoms in total. The third kappa shape index (κ3) is 9.48. The largest absolute Gasteiger partial charge is 0.935 e. The second-order valence-electron chi connectivity index (χ2n) is 20.6. The first-order valence-corrected chi connectivity index (χ1v) is 27.3. The van der Waals surface area contributed by atoms with Gasteiger partial charge in [-0.05, 0) is 198 Å². The van der Waals surface area contributed by atoms with Crippen molar-refractivity contribution in [1.82, 2.24) is 4.57 Å². The zero-order valence-corrected chi connectivity index (χ0v) is 44.5. The molecule has 0 bridgehead atoms. The highest BCUT2D eigenvalue weighted by atomic mass is 19.2. The number of benzene rings is 7. The lowest BCUT2D eigenvalue weighted by Crippen LogP contribution is -2.27. The lowest BCUT2D eigenvalue weighted by molar-refractivity contribution is -0.342. The van der Waals surface area contributed by atoms with Crippen LogP contribution in [0.15, 0.2) is 138 Å². The smallest absolute Gasteiger partial charge is 0.463 e. The molecule has 2 aliphatic carbocycles. The number of nitrogens with zero attached hydrogens (tertiary/aromatic N) is 2. The van der Waals surface area contributed by atoms with Gasteiger partial charge in [-0.15, -0.1) is 0 Å². The summed E-state index contributed by atoms with van der Waals surface area (Å²) < 4.78 is 51.9. The molecule has 1 aromatic heterocycles. The van der Waals surface area contributed by atoms with E-state index in [4.69, 9.17) is 14.2 Å². The van der Waals surface area contributed by atoms with Crippen molar-refractivity contribution in [3.63, 3.8) is 0 Å². The highest BCUT2D eigenvalue weighted by Crippen LogP contribution is 2.48. The Kier molecular flexibility index (Phi) is 14.4. The molecule has 11 heteroatoms. The lowest BCUT2D eigenvalue weighted by atomic mass is 9.81. The second kappa shape index (κ2) is 21.6. The zero-order valence-electron chi connectivity index (χ0n) is 44.5. The monoisotopic (exact) mass is 1030 g/mol. The van der Waals surface area contributed by atoms with Crippen LogP contribution in [0.25, 0.3) is 65.9 Å². The topological polar surface area (TPSA) is 86.8 Å². The third-order valence-electron chi connectivity index (χ3n) is 16.0. The molecule has 3 aliphatic rings. The van der Waals surface area contributed by atoms with Gasteiger partial charge in [0.15, 0.2) is 11.4 Å². The summed E-state index contributed by atoms with van der Waals surface area (Å²) >= 11 is 0.